The summed E-state index contributed by atoms with van der Waals surface area (Å²) in [5.41, 5.74) is 1.48. The molecule has 1 saturated heterocycles. The first-order valence-corrected chi connectivity index (χ1v) is 10.3. The zero-order chi connectivity index (χ0) is 21.1. The van der Waals surface area contributed by atoms with E-state index in [1.165, 1.54) is 6.33 Å². The zero-order valence-electron chi connectivity index (χ0n) is 16.4. The lowest BCUT2D eigenvalue weighted by Gasteiger charge is -2.31. The highest BCUT2D eigenvalue weighted by molar-refractivity contribution is 6.35. The third-order valence-electron chi connectivity index (χ3n) is 5.12. The Morgan fingerprint density at radius 2 is 2.13 bits per heavy atom. The number of fused-ring (bicyclic) bond motifs is 1. The van der Waals surface area contributed by atoms with Gasteiger partial charge in [-0.1, -0.05) is 23.2 Å². The number of hydrogen-bond donors (Lipinski definition) is 2. The van der Waals surface area contributed by atoms with Gasteiger partial charge in [0.25, 0.3) is 0 Å². The van der Waals surface area contributed by atoms with E-state index in [0.717, 1.165) is 16.9 Å². The van der Waals surface area contributed by atoms with Crippen molar-refractivity contribution in [2.24, 2.45) is 0 Å². The molecule has 0 spiro atoms. The second-order valence-corrected chi connectivity index (χ2v) is 8.00. The second-order valence-electron chi connectivity index (χ2n) is 7.13. The lowest BCUT2D eigenvalue weighted by Crippen LogP contribution is -2.47. The van der Waals surface area contributed by atoms with Gasteiger partial charge in [-0.05, 0) is 24.3 Å². The number of H-pyrrole nitrogens is 1. The monoisotopic (exact) mass is 448 g/mol. The van der Waals surface area contributed by atoms with E-state index in [4.69, 9.17) is 27.9 Å². The van der Waals surface area contributed by atoms with E-state index in [2.05, 4.69) is 20.3 Å². The number of rotatable bonds is 5. The van der Waals surface area contributed by atoms with Gasteiger partial charge in [-0.25, -0.2) is 9.97 Å². The number of benzene rings is 1. The first-order chi connectivity index (χ1) is 14.5. The van der Waals surface area contributed by atoms with Gasteiger partial charge in [0, 0.05) is 42.1 Å². The lowest BCUT2D eigenvalue weighted by molar-refractivity contribution is -0.129. The average molecular weight is 449 g/mol. The third-order valence-corrected chi connectivity index (χ3v) is 5.56. The van der Waals surface area contributed by atoms with Gasteiger partial charge in [-0.3, -0.25) is 4.79 Å². The highest BCUT2D eigenvalue weighted by Crippen LogP contribution is 2.24. The Balaban J connectivity index is 1.44. The molecule has 158 valence electrons. The highest BCUT2D eigenvalue weighted by atomic mass is 35.5. The molecule has 10 heteroatoms. The number of carbonyl (C=O) groups excluding carboxylic acids is 1. The van der Waals surface area contributed by atoms with E-state index in [-0.39, 0.29) is 18.5 Å². The predicted octanol–water partition coefficient (Wildman–Crippen LogP) is 3.04. The summed E-state index contributed by atoms with van der Waals surface area (Å²) in [5, 5.41) is 5.07. The van der Waals surface area contributed by atoms with Gasteiger partial charge in [0.15, 0.2) is 0 Å². The van der Waals surface area contributed by atoms with Crippen molar-refractivity contribution < 1.29 is 9.53 Å². The van der Waals surface area contributed by atoms with Gasteiger partial charge in [0.1, 0.15) is 17.8 Å². The fourth-order valence-corrected chi connectivity index (χ4v) is 4.04. The minimum atomic E-state index is -0.0370. The Bertz CT molecular complexity index is 1020. The topological polar surface area (TPSA) is 86.4 Å². The number of anilines is 2. The van der Waals surface area contributed by atoms with Crippen LogP contribution in [-0.2, 0) is 9.53 Å². The molecule has 0 radical (unpaired) electrons. The molecule has 1 aromatic carbocycles. The number of carbonyl (C=O) groups is 1. The van der Waals surface area contributed by atoms with Crippen LogP contribution in [0.5, 0.6) is 0 Å². The van der Waals surface area contributed by atoms with E-state index >= 15 is 0 Å². The summed E-state index contributed by atoms with van der Waals surface area (Å²) >= 11 is 12.1. The third kappa shape index (κ3) is 4.61. The van der Waals surface area contributed by atoms with Crippen LogP contribution < -0.4 is 10.2 Å². The molecule has 1 aliphatic heterocycles. The Morgan fingerprint density at radius 1 is 1.33 bits per heavy atom. The smallest absolute Gasteiger partial charge is 0.242 e. The summed E-state index contributed by atoms with van der Waals surface area (Å²) in [7, 11) is 1.96. The summed E-state index contributed by atoms with van der Waals surface area (Å²) in [4.78, 5) is 28.5. The van der Waals surface area contributed by atoms with Crippen molar-refractivity contribution in [2.45, 2.75) is 6.04 Å². The normalized spacial score (nSPS) is 17.0. The minimum absolute atomic E-state index is 0.0236. The Hall–Kier alpha value is -2.55. The van der Waals surface area contributed by atoms with Crippen LogP contribution in [0.4, 0.5) is 11.5 Å². The zero-order valence-corrected chi connectivity index (χ0v) is 18.0. The number of amides is 1. The molecule has 30 heavy (non-hydrogen) atoms. The molecule has 2 aromatic heterocycles. The van der Waals surface area contributed by atoms with Crippen LogP contribution in [0, 0.1) is 0 Å². The van der Waals surface area contributed by atoms with Crippen molar-refractivity contribution in [2.75, 3.05) is 50.1 Å². The van der Waals surface area contributed by atoms with Crippen molar-refractivity contribution in [3.63, 3.8) is 0 Å². The Labute approximate surface area is 184 Å². The van der Waals surface area contributed by atoms with Gasteiger partial charge in [0.05, 0.1) is 31.2 Å². The number of nitrogens with one attached hydrogen (secondary N) is 2. The van der Waals surface area contributed by atoms with E-state index in [9.17, 15) is 4.79 Å². The summed E-state index contributed by atoms with van der Waals surface area (Å²) in [6.45, 7) is 2.20. The van der Waals surface area contributed by atoms with Crippen LogP contribution in [0.3, 0.4) is 0 Å². The van der Waals surface area contributed by atoms with Crippen molar-refractivity contribution in [1.82, 2.24) is 19.9 Å². The molecule has 1 unspecified atom stereocenters. The van der Waals surface area contributed by atoms with Crippen molar-refractivity contribution in [3.8, 4) is 0 Å². The fourth-order valence-electron chi connectivity index (χ4n) is 3.51. The molecule has 0 bridgehead atoms. The predicted molar refractivity (Wildman–Crippen MR) is 118 cm³/mol. The van der Waals surface area contributed by atoms with Gasteiger partial charge in [0.2, 0.25) is 5.91 Å². The average Bonchev–Trinajstić information content (AvgIpc) is 3.07. The van der Waals surface area contributed by atoms with Gasteiger partial charge >= 0.3 is 0 Å². The van der Waals surface area contributed by atoms with Crippen LogP contribution in [0.15, 0.2) is 36.8 Å². The maximum absolute atomic E-state index is 12.9. The van der Waals surface area contributed by atoms with Crippen LogP contribution in [0.2, 0.25) is 10.0 Å². The molecule has 1 atom stereocenters. The molecule has 0 saturated carbocycles. The largest absolute Gasteiger partial charge is 0.377 e. The first kappa shape index (κ1) is 20.7. The molecule has 3 aromatic rings. The SMILES string of the molecule is CN(c1ncnc2[nH]ccc12)C1COCCN(C(=O)CNc2cc(Cl)cc(Cl)c2)C1. The van der Waals surface area contributed by atoms with Crippen LogP contribution in [0.1, 0.15) is 0 Å². The number of nitrogens with zero attached hydrogens (tertiary/aromatic N) is 4. The minimum Gasteiger partial charge on any atom is -0.377 e. The maximum Gasteiger partial charge on any atom is 0.242 e. The summed E-state index contributed by atoms with van der Waals surface area (Å²) in [6, 6.07) is 7.03. The van der Waals surface area contributed by atoms with Gasteiger partial charge in [-0.2, -0.15) is 0 Å². The molecule has 4 rings (SSSR count). The quantitative estimate of drug-likeness (QED) is 0.623. The fraction of sp³-hybridized carbons (Fsp3) is 0.350. The summed E-state index contributed by atoms with van der Waals surface area (Å²) < 4.78 is 5.78. The van der Waals surface area contributed by atoms with Crippen molar-refractivity contribution in [1.29, 1.82) is 0 Å². The standard InChI is InChI=1S/C20H22Cl2N6O2/c1-27(20-17-2-3-23-19(17)25-12-26-20)16-10-28(4-5-30-11-16)18(29)9-24-15-7-13(21)6-14(22)8-15/h2-3,6-8,12,16,24H,4-5,9-11H2,1H3,(H,23,25,26). The number of aromatic amines is 1. The van der Waals surface area contributed by atoms with Crippen molar-refractivity contribution >= 4 is 51.6 Å². The molecule has 1 aliphatic rings. The maximum atomic E-state index is 12.9. The number of ether oxygens (including phenoxy) is 1. The molecule has 3 heterocycles. The summed E-state index contributed by atoms with van der Waals surface area (Å²) in [5.74, 6) is 0.778. The van der Waals surface area contributed by atoms with Gasteiger partial charge in [-0.15, -0.1) is 0 Å². The number of halogens is 2. The van der Waals surface area contributed by atoms with Crippen LogP contribution in [0.25, 0.3) is 11.0 Å². The van der Waals surface area contributed by atoms with Crippen molar-refractivity contribution in [3.05, 3.63) is 46.8 Å². The molecular weight excluding hydrogens is 427 g/mol. The highest BCUT2D eigenvalue weighted by Gasteiger charge is 2.27. The van der Waals surface area contributed by atoms with Crippen LogP contribution in [-0.4, -0.2) is 71.7 Å². The molecule has 0 aliphatic carbocycles. The summed E-state index contributed by atoms with van der Waals surface area (Å²) in [6.07, 6.45) is 3.37. The Morgan fingerprint density at radius 3 is 2.93 bits per heavy atom. The van der Waals surface area contributed by atoms with Gasteiger partial charge < -0.3 is 24.8 Å². The second kappa shape index (κ2) is 9.07. The molecule has 1 fully saturated rings. The molecular formula is C20H22Cl2N6O2. The molecule has 2 N–H and O–H groups in total. The number of aromatic nitrogens is 3. The van der Waals surface area contributed by atoms with E-state index in [1.807, 2.05) is 29.1 Å². The lowest BCUT2D eigenvalue weighted by atomic mass is 10.2. The van der Waals surface area contributed by atoms with E-state index in [0.29, 0.717) is 42.0 Å². The molecule has 1 amide bonds. The molecule has 8 nitrogen and oxygen atoms in total. The number of hydrogen-bond acceptors (Lipinski definition) is 6. The van der Waals surface area contributed by atoms with E-state index < -0.39 is 0 Å². The Kier molecular flexibility index (Phi) is 6.26. The first-order valence-electron chi connectivity index (χ1n) is 9.57. The number of likely N-dealkylation sites (N-methyl/N-ethyl adjacent to an activating group) is 1. The van der Waals surface area contributed by atoms with Crippen LogP contribution >= 0.6 is 23.2 Å². The van der Waals surface area contributed by atoms with E-state index in [1.54, 1.807) is 18.2 Å².